The van der Waals surface area contributed by atoms with Gasteiger partial charge >= 0.3 is 0 Å². The Morgan fingerprint density at radius 1 is 0.962 bits per heavy atom. The van der Waals surface area contributed by atoms with Gasteiger partial charge in [0.25, 0.3) is 0 Å². The van der Waals surface area contributed by atoms with Crippen molar-refractivity contribution in [1.29, 1.82) is 0 Å². The second kappa shape index (κ2) is 11.2. The molecule has 0 aliphatic heterocycles. The van der Waals surface area contributed by atoms with Gasteiger partial charge in [-0.05, 0) is 56.4 Å². The molecule has 26 heavy (non-hydrogen) atoms. The van der Waals surface area contributed by atoms with Crippen molar-refractivity contribution in [3.05, 3.63) is 0 Å². The van der Waals surface area contributed by atoms with Crippen molar-refractivity contribution >= 4 is 5.96 Å². The molecule has 0 aromatic heterocycles. The van der Waals surface area contributed by atoms with Crippen LogP contribution in [-0.2, 0) is 0 Å². The smallest absolute Gasteiger partial charge is 0.191 e. The molecule has 2 rings (SSSR count). The van der Waals surface area contributed by atoms with Crippen LogP contribution in [0.3, 0.4) is 0 Å². The maximum Gasteiger partial charge on any atom is 0.191 e. The van der Waals surface area contributed by atoms with Crippen LogP contribution in [-0.4, -0.2) is 31.1 Å². The van der Waals surface area contributed by atoms with E-state index in [9.17, 15) is 0 Å². The summed E-state index contributed by atoms with van der Waals surface area (Å²) in [5.41, 5.74) is 5.96. The maximum absolute atomic E-state index is 5.73. The monoisotopic (exact) mass is 364 g/mol. The van der Waals surface area contributed by atoms with Gasteiger partial charge in [-0.15, -0.1) is 0 Å². The molecule has 152 valence electrons. The van der Waals surface area contributed by atoms with Gasteiger partial charge in [-0.2, -0.15) is 0 Å². The Balaban J connectivity index is 1.94. The third kappa shape index (κ3) is 8.28. The standard InChI is InChI=1S/C22H44N4/c1-18(14-15-23)16-22(2,3)17-24-21(25-19-10-6-4-7-11-19)26-20-12-8-5-9-13-20/h18-20H,4-17,23H2,1-3H3,(H2,24,25,26). The molecule has 1 atom stereocenters. The molecule has 0 amide bonds. The molecule has 4 heteroatoms. The van der Waals surface area contributed by atoms with Crippen LogP contribution in [0.4, 0.5) is 0 Å². The molecule has 4 N–H and O–H groups in total. The highest BCUT2D eigenvalue weighted by Crippen LogP contribution is 2.27. The van der Waals surface area contributed by atoms with E-state index in [1.165, 1.54) is 70.6 Å². The Kier molecular flexibility index (Phi) is 9.24. The van der Waals surface area contributed by atoms with Crippen molar-refractivity contribution in [1.82, 2.24) is 10.6 Å². The van der Waals surface area contributed by atoms with Crippen LogP contribution in [0.2, 0.25) is 0 Å². The number of nitrogens with zero attached hydrogens (tertiary/aromatic N) is 1. The molecular formula is C22H44N4. The van der Waals surface area contributed by atoms with Gasteiger partial charge < -0.3 is 16.4 Å². The first-order valence-corrected chi connectivity index (χ1v) is 11.3. The van der Waals surface area contributed by atoms with Gasteiger partial charge in [-0.25, -0.2) is 0 Å². The van der Waals surface area contributed by atoms with Gasteiger partial charge in [0.1, 0.15) is 0 Å². The van der Waals surface area contributed by atoms with Gasteiger partial charge in [0, 0.05) is 18.6 Å². The Morgan fingerprint density at radius 2 is 1.46 bits per heavy atom. The highest BCUT2D eigenvalue weighted by Gasteiger charge is 2.23. The largest absolute Gasteiger partial charge is 0.354 e. The summed E-state index contributed by atoms with van der Waals surface area (Å²) < 4.78 is 0. The third-order valence-corrected chi connectivity index (χ3v) is 6.12. The van der Waals surface area contributed by atoms with Crippen molar-refractivity contribution < 1.29 is 0 Å². The van der Waals surface area contributed by atoms with Crippen LogP contribution in [0, 0.1) is 11.3 Å². The summed E-state index contributed by atoms with van der Waals surface area (Å²) in [5.74, 6) is 1.75. The van der Waals surface area contributed by atoms with Crippen LogP contribution in [0.1, 0.15) is 97.8 Å². The fourth-order valence-electron chi connectivity index (χ4n) is 4.70. The lowest BCUT2D eigenvalue weighted by molar-refractivity contribution is 0.279. The molecule has 0 spiro atoms. The van der Waals surface area contributed by atoms with Crippen molar-refractivity contribution in [2.45, 2.75) is 110 Å². The number of guanidine groups is 1. The van der Waals surface area contributed by atoms with E-state index in [2.05, 4.69) is 31.4 Å². The summed E-state index contributed by atoms with van der Waals surface area (Å²) in [4.78, 5) is 5.06. The molecule has 0 aromatic rings. The van der Waals surface area contributed by atoms with Crippen LogP contribution >= 0.6 is 0 Å². The topological polar surface area (TPSA) is 62.4 Å². The van der Waals surface area contributed by atoms with E-state index >= 15 is 0 Å². The fraction of sp³-hybridized carbons (Fsp3) is 0.955. The van der Waals surface area contributed by atoms with Crippen LogP contribution in [0.15, 0.2) is 4.99 Å². The Labute approximate surface area is 162 Å². The van der Waals surface area contributed by atoms with Gasteiger partial charge in [-0.3, -0.25) is 4.99 Å². The lowest BCUT2D eigenvalue weighted by atomic mass is 9.82. The van der Waals surface area contributed by atoms with Crippen molar-refractivity contribution in [3.63, 3.8) is 0 Å². The molecule has 2 fully saturated rings. The predicted molar refractivity (Wildman–Crippen MR) is 114 cm³/mol. The lowest BCUT2D eigenvalue weighted by Gasteiger charge is -2.31. The first-order chi connectivity index (χ1) is 12.5. The van der Waals surface area contributed by atoms with Crippen LogP contribution in [0.5, 0.6) is 0 Å². The number of aliphatic imine (C=N–C) groups is 1. The highest BCUT2D eigenvalue weighted by atomic mass is 15.2. The average Bonchev–Trinajstić information content (AvgIpc) is 2.61. The Hall–Kier alpha value is -0.770. The minimum absolute atomic E-state index is 0.225. The van der Waals surface area contributed by atoms with E-state index in [-0.39, 0.29) is 5.41 Å². The molecule has 2 aliphatic carbocycles. The Morgan fingerprint density at radius 3 is 1.92 bits per heavy atom. The predicted octanol–water partition coefficient (Wildman–Crippen LogP) is 4.59. The number of nitrogens with one attached hydrogen (secondary N) is 2. The molecule has 2 aliphatic rings. The average molecular weight is 365 g/mol. The van der Waals surface area contributed by atoms with E-state index < -0.39 is 0 Å². The lowest BCUT2D eigenvalue weighted by Crippen LogP contribution is -2.48. The molecule has 0 heterocycles. The first-order valence-electron chi connectivity index (χ1n) is 11.3. The van der Waals surface area contributed by atoms with Crippen molar-refractivity contribution in [3.8, 4) is 0 Å². The quantitative estimate of drug-likeness (QED) is 0.436. The molecule has 0 radical (unpaired) electrons. The third-order valence-electron chi connectivity index (χ3n) is 6.12. The number of nitrogens with two attached hydrogens (primary N) is 1. The van der Waals surface area contributed by atoms with Crippen molar-refractivity contribution in [2.75, 3.05) is 13.1 Å². The zero-order valence-electron chi connectivity index (χ0n) is 17.7. The summed E-state index contributed by atoms with van der Waals surface area (Å²) in [6, 6.07) is 1.22. The van der Waals surface area contributed by atoms with Crippen molar-refractivity contribution in [2.24, 2.45) is 22.1 Å². The zero-order chi connectivity index (χ0) is 18.8. The first kappa shape index (κ1) is 21.5. The normalized spacial score (nSPS) is 21.2. The summed E-state index contributed by atoms with van der Waals surface area (Å²) in [7, 11) is 0. The fourth-order valence-corrected chi connectivity index (χ4v) is 4.70. The maximum atomic E-state index is 5.73. The molecular weight excluding hydrogens is 320 g/mol. The summed E-state index contributed by atoms with van der Waals surface area (Å²) in [5, 5.41) is 7.55. The highest BCUT2D eigenvalue weighted by molar-refractivity contribution is 5.80. The van der Waals surface area contributed by atoms with Gasteiger partial charge in [0.2, 0.25) is 0 Å². The second-order valence-electron chi connectivity index (χ2n) is 9.67. The van der Waals surface area contributed by atoms with E-state index in [0.29, 0.717) is 18.0 Å². The minimum Gasteiger partial charge on any atom is -0.354 e. The molecule has 0 bridgehead atoms. The Bertz CT molecular complexity index is 384. The SMILES string of the molecule is CC(CCN)CC(C)(C)CN=C(NC1CCCCC1)NC1CCCCC1. The summed E-state index contributed by atoms with van der Waals surface area (Å²) in [6.07, 6.45) is 15.7. The number of hydrogen-bond donors (Lipinski definition) is 3. The van der Waals surface area contributed by atoms with E-state index in [1.807, 2.05) is 0 Å². The molecule has 0 saturated heterocycles. The molecule has 0 aromatic carbocycles. The number of hydrogen-bond acceptors (Lipinski definition) is 2. The van der Waals surface area contributed by atoms with E-state index in [1.54, 1.807) is 0 Å². The summed E-state index contributed by atoms with van der Waals surface area (Å²) >= 11 is 0. The summed E-state index contributed by atoms with van der Waals surface area (Å²) in [6.45, 7) is 8.69. The zero-order valence-corrected chi connectivity index (χ0v) is 17.7. The van der Waals surface area contributed by atoms with Gasteiger partial charge in [0.05, 0.1) is 0 Å². The van der Waals surface area contributed by atoms with Crippen LogP contribution in [0.25, 0.3) is 0 Å². The van der Waals surface area contributed by atoms with E-state index in [4.69, 9.17) is 10.7 Å². The minimum atomic E-state index is 0.225. The molecule has 4 nitrogen and oxygen atoms in total. The van der Waals surface area contributed by atoms with Gasteiger partial charge in [0.15, 0.2) is 5.96 Å². The van der Waals surface area contributed by atoms with Crippen LogP contribution < -0.4 is 16.4 Å². The number of rotatable bonds is 8. The molecule has 1 unspecified atom stereocenters. The van der Waals surface area contributed by atoms with Gasteiger partial charge in [-0.1, -0.05) is 59.3 Å². The molecule has 2 saturated carbocycles. The second-order valence-corrected chi connectivity index (χ2v) is 9.67. The van der Waals surface area contributed by atoms with E-state index in [0.717, 1.165) is 25.5 Å².